The Morgan fingerprint density at radius 1 is 1.44 bits per heavy atom. The maximum atomic E-state index is 11.8. The lowest BCUT2D eigenvalue weighted by Gasteiger charge is -2.36. The summed E-state index contributed by atoms with van der Waals surface area (Å²) in [5, 5.41) is 11.9. The zero-order valence-electron chi connectivity index (χ0n) is 10.4. The first-order chi connectivity index (χ1) is 8.52. The maximum absolute atomic E-state index is 11.8. The van der Waals surface area contributed by atoms with E-state index in [0.717, 1.165) is 11.3 Å². The van der Waals surface area contributed by atoms with Gasteiger partial charge in [-0.2, -0.15) is 0 Å². The Hall–Kier alpha value is -1.36. The molecular weight excluding hydrogens is 250 g/mol. The highest BCUT2D eigenvalue weighted by Gasteiger charge is 2.45. The minimum atomic E-state index is -0.837. The summed E-state index contributed by atoms with van der Waals surface area (Å²) in [5.41, 5.74) is -0.796. The number of rotatable bonds is 5. The van der Waals surface area contributed by atoms with Crippen LogP contribution in [0.2, 0.25) is 0 Å². The van der Waals surface area contributed by atoms with Crippen molar-refractivity contribution in [3.05, 3.63) is 21.9 Å². The second kappa shape index (κ2) is 5.10. The molecule has 4 nitrogen and oxygen atoms in total. The van der Waals surface area contributed by atoms with Crippen LogP contribution in [-0.2, 0) is 16.1 Å². The van der Waals surface area contributed by atoms with Gasteiger partial charge in [-0.1, -0.05) is 6.42 Å². The molecule has 1 heterocycles. The van der Waals surface area contributed by atoms with E-state index in [1.54, 1.807) is 11.3 Å². The number of carboxylic acid groups (broad SMARTS) is 1. The third-order valence-electron chi connectivity index (χ3n) is 3.52. The molecule has 0 aromatic carbocycles. The van der Waals surface area contributed by atoms with Gasteiger partial charge in [-0.25, -0.2) is 0 Å². The number of amides is 1. The van der Waals surface area contributed by atoms with Gasteiger partial charge in [0.25, 0.3) is 0 Å². The fourth-order valence-corrected chi connectivity index (χ4v) is 3.04. The average molecular weight is 267 g/mol. The van der Waals surface area contributed by atoms with Crippen LogP contribution in [0.1, 0.15) is 35.4 Å². The maximum Gasteiger partial charge on any atom is 0.310 e. The van der Waals surface area contributed by atoms with E-state index in [1.165, 1.54) is 4.88 Å². The molecule has 2 N–H and O–H groups in total. The number of nitrogens with one attached hydrogen (secondary N) is 1. The Balaban J connectivity index is 1.83. The predicted octanol–water partition coefficient (Wildman–Crippen LogP) is 2.32. The lowest BCUT2D eigenvalue weighted by Crippen LogP contribution is -2.42. The number of aliphatic carboxylic acids is 1. The van der Waals surface area contributed by atoms with Crippen molar-refractivity contribution in [3.8, 4) is 0 Å². The van der Waals surface area contributed by atoms with Crippen LogP contribution in [-0.4, -0.2) is 17.0 Å². The van der Waals surface area contributed by atoms with E-state index in [0.29, 0.717) is 19.4 Å². The van der Waals surface area contributed by atoms with Gasteiger partial charge in [0, 0.05) is 16.2 Å². The van der Waals surface area contributed by atoms with Crippen LogP contribution < -0.4 is 5.32 Å². The van der Waals surface area contributed by atoms with Crippen LogP contribution in [0.15, 0.2) is 12.1 Å². The molecular formula is C13H17NO3S. The summed E-state index contributed by atoms with van der Waals surface area (Å²) in [6.07, 6.45) is 2.25. The van der Waals surface area contributed by atoms with Gasteiger partial charge in [-0.05, 0) is 31.9 Å². The van der Waals surface area contributed by atoms with Crippen LogP contribution in [0, 0.1) is 12.3 Å². The largest absolute Gasteiger partial charge is 0.481 e. The molecule has 1 aromatic heterocycles. The van der Waals surface area contributed by atoms with E-state index in [4.69, 9.17) is 5.11 Å². The molecule has 2 rings (SSSR count). The first-order valence-corrected chi connectivity index (χ1v) is 6.89. The lowest BCUT2D eigenvalue weighted by atomic mass is 9.66. The number of hydrogen-bond acceptors (Lipinski definition) is 3. The van der Waals surface area contributed by atoms with Crippen LogP contribution in [0.4, 0.5) is 0 Å². The number of carboxylic acids is 1. The van der Waals surface area contributed by atoms with Gasteiger partial charge in [0.05, 0.1) is 12.0 Å². The number of hydrogen-bond donors (Lipinski definition) is 2. The highest BCUT2D eigenvalue weighted by atomic mass is 32.1. The molecule has 1 saturated carbocycles. The van der Waals surface area contributed by atoms with Crippen LogP contribution in [0.5, 0.6) is 0 Å². The summed E-state index contributed by atoms with van der Waals surface area (Å²) < 4.78 is 0. The Kier molecular flexibility index (Phi) is 3.71. The van der Waals surface area contributed by atoms with Crippen molar-refractivity contribution < 1.29 is 14.7 Å². The quantitative estimate of drug-likeness (QED) is 0.860. The molecule has 0 saturated heterocycles. The highest BCUT2D eigenvalue weighted by Crippen LogP contribution is 2.44. The zero-order chi connectivity index (χ0) is 13.2. The van der Waals surface area contributed by atoms with E-state index >= 15 is 0 Å². The lowest BCUT2D eigenvalue weighted by molar-refractivity contribution is -0.157. The Labute approximate surface area is 110 Å². The summed E-state index contributed by atoms with van der Waals surface area (Å²) in [4.78, 5) is 25.2. The van der Waals surface area contributed by atoms with Gasteiger partial charge in [-0.15, -0.1) is 11.3 Å². The molecule has 0 spiro atoms. The number of aryl methyl sites for hydroxylation is 1. The number of carbonyl (C=O) groups is 2. The summed E-state index contributed by atoms with van der Waals surface area (Å²) >= 11 is 1.64. The smallest absolute Gasteiger partial charge is 0.310 e. The number of carbonyl (C=O) groups excluding carboxylic acids is 1. The van der Waals surface area contributed by atoms with Gasteiger partial charge < -0.3 is 10.4 Å². The average Bonchev–Trinajstić information content (AvgIpc) is 2.66. The van der Waals surface area contributed by atoms with E-state index in [-0.39, 0.29) is 12.3 Å². The van der Waals surface area contributed by atoms with Gasteiger partial charge in [0.15, 0.2) is 0 Å². The topological polar surface area (TPSA) is 66.4 Å². The zero-order valence-corrected chi connectivity index (χ0v) is 11.2. The molecule has 18 heavy (non-hydrogen) atoms. The second-order valence-electron chi connectivity index (χ2n) is 4.90. The first-order valence-electron chi connectivity index (χ1n) is 6.07. The Morgan fingerprint density at radius 2 is 2.17 bits per heavy atom. The monoisotopic (exact) mass is 267 g/mol. The van der Waals surface area contributed by atoms with Gasteiger partial charge in [0.1, 0.15) is 0 Å². The molecule has 5 heteroatoms. The molecule has 1 aromatic rings. The third kappa shape index (κ3) is 2.72. The Morgan fingerprint density at radius 3 is 2.61 bits per heavy atom. The highest BCUT2D eigenvalue weighted by molar-refractivity contribution is 7.11. The van der Waals surface area contributed by atoms with Crippen molar-refractivity contribution in [2.45, 2.75) is 39.2 Å². The molecule has 0 bridgehead atoms. The predicted molar refractivity (Wildman–Crippen MR) is 69.4 cm³/mol. The first kappa shape index (κ1) is 13.1. The van der Waals surface area contributed by atoms with Gasteiger partial charge in [0.2, 0.25) is 5.91 Å². The van der Waals surface area contributed by atoms with Crippen molar-refractivity contribution in [2.75, 3.05) is 0 Å². The molecule has 1 aliphatic rings. The number of thiophene rings is 1. The van der Waals surface area contributed by atoms with Crippen molar-refractivity contribution in [1.29, 1.82) is 0 Å². The molecule has 0 aliphatic heterocycles. The molecule has 0 atom stereocenters. The summed E-state index contributed by atoms with van der Waals surface area (Å²) in [7, 11) is 0. The second-order valence-corrected chi connectivity index (χ2v) is 6.28. The van der Waals surface area contributed by atoms with Gasteiger partial charge in [-0.3, -0.25) is 9.59 Å². The van der Waals surface area contributed by atoms with Crippen LogP contribution >= 0.6 is 11.3 Å². The molecule has 1 aliphatic carbocycles. The minimum absolute atomic E-state index is 0.104. The third-order valence-corrected chi connectivity index (χ3v) is 4.52. The van der Waals surface area contributed by atoms with E-state index < -0.39 is 11.4 Å². The SMILES string of the molecule is Cc1ccc(CNC(=O)CC2(C(=O)O)CCC2)s1. The van der Waals surface area contributed by atoms with Crippen molar-refractivity contribution in [3.63, 3.8) is 0 Å². The molecule has 1 fully saturated rings. The van der Waals surface area contributed by atoms with Crippen molar-refractivity contribution in [1.82, 2.24) is 5.32 Å². The van der Waals surface area contributed by atoms with Crippen LogP contribution in [0.3, 0.4) is 0 Å². The fraction of sp³-hybridized carbons (Fsp3) is 0.538. The van der Waals surface area contributed by atoms with Crippen LogP contribution in [0.25, 0.3) is 0 Å². The molecule has 1 amide bonds. The fourth-order valence-electron chi connectivity index (χ4n) is 2.21. The molecule has 0 unspecified atom stereocenters. The summed E-state index contributed by atoms with van der Waals surface area (Å²) in [6.45, 7) is 2.51. The molecule has 98 valence electrons. The van der Waals surface area contributed by atoms with E-state index in [2.05, 4.69) is 5.32 Å². The Bertz CT molecular complexity index is 463. The summed E-state index contributed by atoms with van der Waals surface area (Å²) in [5.74, 6) is -1.00. The molecule has 0 radical (unpaired) electrons. The summed E-state index contributed by atoms with van der Waals surface area (Å²) in [6, 6.07) is 3.99. The van der Waals surface area contributed by atoms with Gasteiger partial charge >= 0.3 is 5.97 Å². The van der Waals surface area contributed by atoms with E-state index in [1.807, 2.05) is 19.1 Å². The minimum Gasteiger partial charge on any atom is -0.481 e. The van der Waals surface area contributed by atoms with E-state index in [9.17, 15) is 9.59 Å². The standard InChI is InChI=1S/C13H17NO3S/c1-9-3-4-10(18-9)8-14-11(15)7-13(12(16)17)5-2-6-13/h3-4H,2,5-8H2,1H3,(H,14,15)(H,16,17). The van der Waals surface area contributed by atoms with Crippen molar-refractivity contribution >= 4 is 23.2 Å². The normalized spacial score (nSPS) is 16.9. The van der Waals surface area contributed by atoms with Crippen molar-refractivity contribution in [2.24, 2.45) is 5.41 Å².